The lowest BCUT2D eigenvalue weighted by Gasteiger charge is -2.17. The fraction of sp³-hybridized carbons (Fsp3) is 0.538. The van der Waals surface area contributed by atoms with Crippen LogP contribution in [0.15, 0.2) is 29.2 Å². The number of halogens is 1. The molecule has 0 fully saturated rings. The summed E-state index contributed by atoms with van der Waals surface area (Å²) < 4.78 is 25.5. The van der Waals surface area contributed by atoms with Gasteiger partial charge in [0.1, 0.15) is 5.82 Å². The highest BCUT2D eigenvalue weighted by Gasteiger charge is 2.15. The Balaban J connectivity index is 2.63. The summed E-state index contributed by atoms with van der Waals surface area (Å²) in [5, 5.41) is 12.2. The second-order valence-electron chi connectivity index (χ2n) is 4.11. The zero-order valence-corrected chi connectivity index (χ0v) is 11.4. The fourth-order valence-electron chi connectivity index (χ4n) is 1.65. The van der Waals surface area contributed by atoms with E-state index in [1.807, 2.05) is 6.92 Å². The predicted molar refractivity (Wildman–Crippen MR) is 71.5 cm³/mol. The number of rotatable bonds is 8. The van der Waals surface area contributed by atoms with Crippen molar-refractivity contribution in [2.24, 2.45) is 0 Å². The van der Waals surface area contributed by atoms with Crippen LogP contribution in [0, 0.1) is 5.82 Å². The first-order chi connectivity index (χ1) is 8.69. The number of nitrogens with one attached hydrogen (secondary N) is 1. The second-order valence-corrected chi connectivity index (χ2v) is 5.57. The molecule has 0 radical (unpaired) electrons. The van der Waals surface area contributed by atoms with Gasteiger partial charge in [-0.1, -0.05) is 19.1 Å². The number of benzene rings is 1. The monoisotopic (exact) mass is 273 g/mol. The molecule has 102 valence electrons. The molecule has 0 aromatic heterocycles. The standard InChI is InChI=1S/C13H20FNO2S/c1-2-8-15-11(7-9-16)10-18(17)13-6-4-3-5-12(13)14/h3-6,11,15-16H,2,7-10H2,1H3. The van der Waals surface area contributed by atoms with E-state index in [4.69, 9.17) is 5.11 Å². The number of aliphatic hydroxyl groups excluding tert-OH is 1. The first-order valence-corrected chi connectivity index (χ1v) is 7.48. The third kappa shape index (κ3) is 4.84. The van der Waals surface area contributed by atoms with Gasteiger partial charge in [0.05, 0.1) is 15.7 Å². The molecule has 0 heterocycles. The molecule has 1 aromatic rings. The largest absolute Gasteiger partial charge is 0.396 e. The van der Waals surface area contributed by atoms with Crippen LogP contribution in [-0.2, 0) is 10.8 Å². The zero-order valence-electron chi connectivity index (χ0n) is 10.6. The zero-order chi connectivity index (χ0) is 13.4. The van der Waals surface area contributed by atoms with Gasteiger partial charge in [-0.2, -0.15) is 0 Å². The molecule has 0 bridgehead atoms. The predicted octanol–water partition coefficient (Wildman–Crippen LogP) is 1.68. The van der Waals surface area contributed by atoms with Gasteiger partial charge in [-0.3, -0.25) is 4.21 Å². The van der Waals surface area contributed by atoms with Crippen LogP contribution in [0.25, 0.3) is 0 Å². The van der Waals surface area contributed by atoms with Crippen molar-refractivity contribution in [3.63, 3.8) is 0 Å². The van der Waals surface area contributed by atoms with Crippen molar-refractivity contribution < 1.29 is 13.7 Å². The van der Waals surface area contributed by atoms with Gasteiger partial charge in [-0.25, -0.2) is 4.39 Å². The molecule has 2 unspecified atom stereocenters. The number of hydrogen-bond donors (Lipinski definition) is 2. The van der Waals surface area contributed by atoms with Crippen molar-refractivity contribution in [2.75, 3.05) is 18.9 Å². The maximum Gasteiger partial charge on any atom is 0.139 e. The molecule has 0 spiro atoms. The molecule has 3 nitrogen and oxygen atoms in total. The molecule has 0 saturated heterocycles. The summed E-state index contributed by atoms with van der Waals surface area (Å²) in [6, 6.07) is 6.07. The normalized spacial score (nSPS) is 14.4. The third-order valence-electron chi connectivity index (χ3n) is 2.60. The van der Waals surface area contributed by atoms with Crippen LogP contribution >= 0.6 is 0 Å². The van der Waals surface area contributed by atoms with Crippen molar-refractivity contribution >= 4 is 10.8 Å². The van der Waals surface area contributed by atoms with Gasteiger partial charge < -0.3 is 10.4 Å². The van der Waals surface area contributed by atoms with Gasteiger partial charge in [0.25, 0.3) is 0 Å². The van der Waals surface area contributed by atoms with Crippen molar-refractivity contribution in [1.29, 1.82) is 0 Å². The molecular weight excluding hydrogens is 253 g/mol. The summed E-state index contributed by atoms with van der Waals surface area (Å²) in [4.78, 5) is 0.235. The molecule has 5 heteroatoms. The Bertz CT molecular complexity index is 387. The molecule has 0 amide bonds. The minimum Gasteiger partial charge on any atom is -0.396 e. The van der Waals surface area contributed by atoms with Gasteiger partial charge in [0.2, 0.25) is 0 Å². The van der Waals surface area contributed by atoms with E-state index in [0.717, 1.165) is 13.0 Å². The van der Waals surface area contributed by atoms with E-state index >= 15 is 0 Å². The van der Waals surface area contributed by atoms with Crippen molar-refractivity contribution in [2.45, 2.75) is 30.7 Å². The van der Waals surface area contributed by atoms with E-state index in [1.165, 1.54) is 6.07 Å². The summed E-state index contributed by atoms with van der Waals surface area (Å²) in [5.74, 6) is -0.115. The smallest absolute Gasteiger partial charge is 0.139 e. The van der Waals surface area contributed by atoms with Crippen LogP contribution in [0.1, 0.15) is 19.8 Å². The average molecular weight is 273 g/mol. The minimum absolute atomic E-state index is 0.0376. The lowest BCUT2D eigenvalue weighted by atomic mass is 10.2. The van der Waals surface area contributed by atoms with Crippen molar-refractivity contribution in [1.82, 2.24) is 5.32 Å². The van der Waals surface area contributed by atoms with E-state index < -0.39 is 16.6 Å². The van der Waals surface area contributed by atoms with Gasteiger partial charge in [-0.05, 0) is 31.5 Å². The van der Waals surface area contributed by atoms with Crippen LogP contribution < -0.4 is 5.32 Å². The molecule has 0 aliphatic heterocycles. The van der Waals surface area contributed by atoms with E-state index in [9.17, 15) is 8.60 Å². The van der Waals surface area contributed by atoms with Crippen LogP contribution in [0.2, 0.25) is 0 Å². The maximum atomic E-state index is 13.5. The van der Waals surface area contributed by atoms with Crippen LogP contribution in [0.3, 0.4) is 0 Å². The molecule has 1 aromatic carbocycles. The Hall–Kier alpha value is -0.780. The SMILES string of the molecule is CCCNC(CCO)CS(=O)c1ccccc1F. The molecule has 0 saturated carbocycles. The van der Waals surface area contributed by atoms with Gasteiger partial charge >= 0.3 is 0 Å². The van der Waals surface area contributed by atoms with Gasteiger partial charge in [0.15, 0.2) is 0 Å². The first-order valence-electron chi connectivity index (χ1n) is 6.16. The minimum atomic E-state index is -1.38. The van der Waals surface area contributed by atoms with E-state index in [2.05, 4.69) is 5.32 Å². The van der Waals surface area contributed by atoms with Crippen LogP contribution in [-0.4, -0.2) is 34.3 Å². The van der Waals surface area contributed by atoms with Crippen LogP contribution in [0.4, 0.5) is 4.39 Å². The lowest BCUT2D eigenvalue weighted by Crippen LogP contribution is -2.35. The Morgan fingerprint density at radius 3 is 2.78 bits per heavy atom. The molecule has 0 aliphatic rings. The molecule has 18 heavy (non-hydrogen) atoms. The second kappa shape index (κ2) is 8.34. The number of aliphatic hydroxyl groups is 1. The third-order valence-corrected chi connectivity index (χ3v) is 4.12. The number of hydrogen-bond acceptors (Lipinski definition) is 3. The summed E-state index contributed by atoms with van der Waals surface area (Å²) in [7, 11) is -1.38. The molecule has 2 N–H and O–H groups in total. The summed E-state index contributed by atoms with van der Waals surface area (Å²) >= 11 is 0. The van der Waals surface area contributed by atoms with Gasteiger partial charge in [0, 0.05) is 18.4 Å². The van der Waals surface area contributed by atoms with Crippen molar-refractivity contribution in [3.05, 3.63) is 30.1 Å². The Kier molecular flexibility index (Phi) is 7.08. The van der Waals surface area contributed by atoms with E-state index in [-0.39, 0.29) is 17.5 Å². The summed E-state index contributed by atoms with van der Waals surface area (Å²) in [5.41, 5.74) is 0. The topological polar surface area (TPSA) is 49.3 Å². The van der Waals surface area contributed by atoms with Crippen molar-refractivity contribution in [3.8, 4) is 0 Å². The van der Waals surface area contributed by atoms with Gasteiger partial charge in [-0.15, -0.1) is 0 Å². The Morgan fingerprint density at radius 1 is 1.44 bits per heavy atom. The fourth-order valence-corrected chi connectivity index (χ4v) is 3.00. The van der Waals surface area contributed by atoms with E-state index in [1.54, 1.807) is 18.2 Å². The highest BCUT2D eigenvalue weighted by atomic mass is 32.2. The average Bonchev–Trinajstić information content (AvgIpc) is 2.36. The molecule has 0 aliphatic carbocycles. The Morgan fingerprint density at radius 2 is 2.17 bits per heavy atom. The summed E-state index contributed by atoms with van der Waals surface area (Å²) in [6.07, 6.45) is 1.49. The molecule has 2 atom stereocenters. The maximum absolute atomic E-state index is 13.5. The molecule has 1 rings (SSSR count). The van der Waals surface area contributed by atoms with E-state index in [0.29, 0.717) is 12.2 Å². The quantitative estimate of drug-likeness (QED) is 0.757. The first kappa shape index (κ1) is 15.3. The Labute approximate surface area is 110 Å². The molecular formula is C13H20FNO2S. The highest BCUT2D eigenvalue weighted by molar-refractivity contribution is 7.85. The van der Waals surface area contributed by atoms with Crippen LogP contribution in [0.5, 0.6) is 0 Å². The summed E-state index contributed by atoms with van der Waals surface area (Å²) in [6.45, 7) is 2.88. The lowest BCUT2D eigenvalue weighted by molar-refractivity contribution is 0.270. The highest BCUT2D eigenvalue weighted by Crippen LogP contribution is 2.13.